The molecule has 0 aliphatic rings. The molecule has 0 heterocycles. The third-order valence-corrected chi connectivity index (χ3v) is 5.83. The molecule has 4 nitrogen and oxygen atoms in total. The van der Waals surface area contributed by atoms with Gasteiger partial charge in [-0.1, -0.05) is 54.4 Å². The lowest BCUT2D eigenvalue weighted by Gasteiger charge is -2.17. The number of rotatable bonds is 5. The number of hydrogen-bond acceptors (Lipinski definition) is 3. The van der Waals surface area contributed by atoms with Gasteiger partial charge in [0.25, 0.3) is 5.91 Å². The molecular weight excluding hydrogens is 431 g/mol. The first-order valence-electron chi connectivity index (χ1n) is 9.84. The summed E-state index contributed by atoms with van der Waals surface area (Å²) in [4.78, 5) is 12.9. The number of amides is 1. The Labute approximate surface area is 192 Å². The van der Waals surface area contributed by atoms with Gasteiger partial charge >= 0.3 is 0 Å². The predicted octanol–water partition coefficient (Wildman–Crippen LogP) is 6.79. The van der Waals surface area contributed by atoms with Crippen molar-refractivity contribution in [3.63, 3.8) is 0 Å². The highest BCUT2D eigenvalue weighted by atomic mass is 35.5. The van der Waals surface area contributed by atoms with Crippen molar-refractivity contribution in [2.45, 2.75) is 33.1 Å². The quantitative estimate of drug-likeness (QED) is 0.447. The van der Waals surface area contributed by atoms with E-state index >= 15 is 0 Å². The zero-order valence-corrected chi connectivity index (χ0v) is 19.0. The van der Waals surface area contributed by atoms with Crippen LogP contribution in [0.15, 0.2) is 48.5 Å². The number of nitriles is 1. The van der Waals surface area contributed by atoms with E-state index in [1.165, 1.54) is 0 Å². The molecule has 0 aromatic heterocycles. The molecule has 0 aliphatic heterocycles. The number of carbonyl (C=O) groups is 1. The molecule has 0 saturated heterocycles. The van der Waals surface area contributed by atoms with Crippen LogP contribution in [0.5, 0.6) is 5.75 Å². The van der Waals surface area contributed by atoms with Crippen LogP contribution in [0.2, 0.25) is 10.0 Å². The zero-order chi connectivity index (χ0) is 22.7. The first kappa shape index (κ1) is 22.7. The average molecular weight is 453 g/mol. The maximum Gasteiger partial charge on any atom is 0.259 e. The fourth-order valence-electron chi connectivity index (χ4n) is 3.46. The Morgan fingerprint density at radius 3 is 2.39 bits per heavy atom. The topological polar surface area (TPSA) is 73.1 Å². The Kier molecular flexibility index (Phi) is 6.90. The second kappa shape index (κ2) is 9.43. The number of aromatic hydroxyl groups is 1. The van der Waals surface area contributed by atoms with Gasteiger partial charge in [-0.05, 0) is 72.4 Å². The molecule has 3 rings (SSSR count). The number of carbonyl (C=O) groups excluding carboxylic acids is 1. The highest BCUT2D eigenvalue weighted by Crippen LogP contribution is 2.35. The molecule has 6 heteroatoms. The molecule has 31 heavy (non-hydrogen) atoms. The summed E-state index contributed by atoms with van der Waals surface area (Å²) in [7, 11) is 0. The van der Waals surface area contributed by atoms with E-state index in [4.69, 9.17) is 23.2 Å². The minimum atomic E-state index is -0.568. The van der Waals surface area contributed by atoms with Crippen molar-refractivity contribution in [1.82, 2.24) is 0 Å². The van der Waals surface area contributed by atoms with E-state index in [9.17, 15) is 15.2 Å². The Bertz CT molecular complexity index is 1180. The van der Waals surface area contributed by atoms with Gasteiger partial charge in [0.15, 0.2) is 0 Å². The minimum absolute atomic E-state index is 0.0395. The van der Waals surface area contributed by atoms with E-state index in [2.05, 4.69) is 11.4 Å². The summed E-state index contributed by atoms with van der Waals surface area (Å²) in [6.45, 7) is 5.59. The molecule has 3 aromatic carbocycles. The normalized spacial score (nSPS) is 11.6. The second-order valence-electron chi connectivity index (χ2n) is 7.42. The van der Waals surface area contributed by atoms with Gasteiger partial charge < -0.3 is 10.4 Å². The number of benzene rings is 3. The maximum absolute atomic E-state index is 12.9. The third-order valence-electron chi connectivity index (χ3n) is 5.25. The minimum Gasteiger partial charge on any atom is -0.507 e. The number of nitrogens with one attached hydrogen (secondary N) is 1. The SMILES string of the molecule is CCc1cc(C)c(O)c(C(=O)Nc2cc(Cl)c(C(C#N)c3ccc(Cl)cc3)cc2C)c1. The Balaban J connectivity index is 1.94. The van der Waals surface area contributed by atoms with Crippen molar-refractivity contribution in [2.24, 2.45) is 0 Å². The van der Waals surface area contributed by atoms with E-state index in [1.54, 1.807) is 49.4 Å². The fourth-order valence-corrected chi connectivity index (χ4v) is 3.86. The van der Waals surface area contributed by atoms with Crippen molar-refractivity contribution in [3.05, 3.63) is 92.0 Å². The Morgan fingerprint density at radius 1 is 1.10 bits per heavy atom. The van der Waals surface area contributed by atoms with Gasteiger partial charge in [0.05, 0.1) is 17.6 Å². The zero-order valence-electron chi connectivity index (χ0n) is 17.5. The summed E-state index contributed by atoms with van der Waals surface area (Å²) in [5.41, 5.74) is 4.53. The molecule has 2 N–H and O–H groups in total. The van der Waals surface area contributed by atoms with Crippen molar-refractivity contribution >= 4 is 34.8 Å². The number of anilines is 1. The summed E-state index contributed by atoms with van der Waals surface area (Å²) in [6.07, 6.45) is 0.751. The van der Waals surface area contributed by atoms with Crippen LogP contribution in [0, 0.1) is 25.2 Å². The molecule has 3 aromatic rings. The van der Waals surface area contributed by atoms with Crippen LogP contribution in [-0.4, -0.2) is 11.0 Å². The van der Waals surface area contributed by atoms with Crippen molar-refractivity contribution < 1.29 is 9.90 Å². The lowest BCUT2D eigenvalue weighted by molar-refractivity contribution is 0.102. The lowest BCUT2D eigenvalue weighted by atomic mass is 9.91. The van der Waals surface area contributed by atoms with Gasteiger partial charge in [-0.25, -0.2) is 0 Å². The fraction of sp³-hybridized carbons (Fsp3) is 0.200. The summed E-state index contributed by atoms with van der Waals surface area (Å²) >= 11 is 12.5. The van der Waals surface area contributed by atoms with Crippen LogP contribution >= 0.6 is 23.2 Å². The van der Waals surface area contributed by atoms with Gasteiger partial charge in [0.2, 0.25) is 0 Å². The van der Waals surface area contributed by atoms with Crippen molar-refractivity contribution in [2.75, 3.05) is 5.32 Å². The molecule has 0 spiro atoms. The molecule has 0 bridgehead atoms. The van der Waals surface area contributed by atoms with E-state index in [0.717, 1.165) is 23.1 Å². The molecule has 1 unspecified atom stereocenters. The number of halogens is 2. The smallest absolute Gasteiger partial charge is 0.259 e. The summed E-state index contributed by atoms with van der Waals surface area (Å²) in [5, 5.41) is 23.9. The largest absolute Gasteiger partial charge is 0.507 e. The highest BCUT2D eigenvalue weighted by Gasteiger charge is 2.20. The van der Waals surface area contributed by atoms with Crippen LogP contribution in [0.3, 0.4) is 0 Å². The average Bonchev–Trinajstić information content (AvgIpc) is 2.74. The molecule has 158 valence electrons. The monoisotopic (exact) mass is 452 g/mol. The summed E-state index contributed by atoms with van der Waals surface area (Å²) < 4.78 is 0. The van der Waals surface area contributed by atoms with Crippen LogP contribution in [-0.2, 0) is 6.42 Å². The summed E-state index contributed by atoms with van der Waals surface area (Å²) in [5.74, 6) is -1.03. The number of hydrogen-bond donors (Lipinski definition) is 2. The van der Waals surface area contributed by atoms with Crippen molar-refractivity contribution in [3.8, 4) is 11.8 Å². The van der Waals surface area contributed by atoms with Gasteiger partial charge in [0.1, 0.15) is 5.75 Å². The lowest BCUT2D eigenvalue weighted by Crippen LogP contribution is -2.14. The van der Waals surface area contributed by atoms with Crippen LogP contribution in [0.1, 0.15) is 51.0 Å². The van der Waals surface area contributed by atoms with E-state index in [0.29, 0.717) is 26.9 Å². The number of phenols is 1. The van der Waals surface area contributed by atoms with Gasteiger partial charge in [-0.3, -0.25) is 4.79 Å². The van der Waals surface area contributed by atoms with Crippen LogP contribution < -0.4 is 5.32 Å². The molecule has 1 amide bonds. The first-order valence-corrected chi connectivity index (χ1v) is 10.6. The van der Waals surface area contributed by atoms with Gasteiger partial charge in [-0.15, -0.1) is 0 Å². The molecule has 0 fully saturated rings. The molecule has 0 radical (unpaired) electrons. The van der Waals surface area contributed by atoms with Gasteiger partial charge in [-0.2, -0.15) is 5.26 Å². The molecule has 0 aliphatic carbocycles. The third kappa shape index (κ3) is 4.85. The maximum atomic E-state index is 12.9. The van der Waals surface area contributed by atoms with Crippen LogP contribution in [0.4, 0.5) is 5.69 Å². The second-order valence-corrected chi connectivity index (χ2v) is 8.26. The molecule has 0 saturated carbocycles. The van der Waals surface area contributed by atoms with Crippen molar-refractivity contribution in [1.29, 1.82) is 5.26 Å². The van der Waals surface area contributed by atoms with E-state index in [-0.39, 0.29) is 11.3 Å². The predicted molar refractivity (Wildman–Crippen MR) is 125 cm³/mol. The van der Waals surface area contributed by atoms with Gasteiger partial charge in [0, 0.05) is 15.7 Å². The molecular formula is C25H22Cl2N2O2. The highest BCUT2D eigenvalue weighted by molar-refractivity contribution is 6.32. The summed E-state index contributed by atoms with van der Waals surface area (Å²) in [6, 6.07) is 16.3. The molecule has 1 atom stereocenters. The Hall–Kier alpha value is -3.00. The number of nitrogens with zero attached hydrogens (tertiary/aromatic N) is 1. The standard InChI is InChI=1S/C25H22Cl2N2O2/c1-4-16-9-15(3)24(30)20(11-16)25(31)29-23-12-22(27)19(10-14(23)2)21(13-28)17-5-7-18(26)8-6-17/h5-12,21,30H,4H2,1-3H3,(H,29,31). The Morgan fingerprint density at radius 2 is 1.77 bits per heavy atom. The number of aryl methyl sites for hydroxylation is 3. The van der Waals surface area contributed by atoms with Crippen LogP contribution in [0.25, 0.3) is 0 Å². The van der Waals surface area contributed by atoms with E-state index < -0.39 is 11.8 Å². The van der Waals surface area contributed by atoms with E-state index in [1.807, 2.05) is 19.9 Å². The number of phenolic OH excluding ortho intramolecular Hbond substituents is 1. The first-order chi connectivity index (χ1) is 14.7.